The number of hydrogen-bond donors (Lipinski definition) is 1. The molecule has 20 heavy (non-hydrogen) atoms. The van der Waals surface area contributed by atoms with Crippen molar-refractivity contribution in [2.45, 2.75) is 4.90 Å². The molecule has 0 saturated carbocycles. The maximum absolute atomic E-state index is 13.1. The van der Waals surface area contributed by atoms with Crippen LogP contribution in [0.25, 0.3) is 0 Å². The molecule has 0 aliphatic heterocycles. The SMILES string of the molecule is O=C(Nc1ccccc1S(=O)(=O)F)c1ccncc1Cl. The first-order valence-electron chi connectivity index (χ1n) is 5.34. The Bertz CT molecular complexity index is 765. The zero-order chi connectivity index (χ0) is 14.8. The lowest BCUT2D eigenvalue weighted by atomic mass is 10.2. The van der Waals surface area contributed by atoms with Gasteiger partial charge in [0.2, 0.25) is 0 Å². The Kier molecular flexibility index (Phi) is 4.01. The van der Waals surface area contributed by atoms with Crippen LogP contribution in [0.5, 0.6) is 0 Å². The van der Waals surface area contributed by atoms with Crippen LogP contribution in [0.1, 0.15) is 10.4 Å². The largest absolute Gasteiger partial charge is 0.334 e. The molecule has 0 atom stereocenters. The second kappa shape index (κ2) is 5.56. The minimum absolute atomic E-state index is 0.102. The van der Waals surface area contributed by atoms with Gasteiger partial charge in [0.25, 0.3) is 5.91 Å². The normalized spacial score (nSPS) is 11.1. The fraction of sp³-hybridized carbons (Fsp3) is 0. The number of carbonyl (C=O) groups excluding carboxylic acids is 1. The van der Waals surface area contributed by atoms with Gasteiger partial charge < -0.3 is 5.32 Å². The average Bonchev–Trinajstić information content (AvgIpc) is 2.38. The lowest BCUT2D eigenvalue weighted by molar-refractivity contribution is 0.102. The first kappa shape index (κ1) is 14.4. The molecule has 1 amide bonds. The highest BCUT2D eigenvalue weighted by atomic mass is 35.5. The molecule has 0 aliphatic rings. The van der Waals surface area contributed by atoms with Crippen LogP contribution in [-0.4, -0.2) is 19.3 Å². The summed E-state index contributed by atoms with van der Waals surface area (Å²) in [6.45, 7) is 0. The minimum Gasteiger partial charge on any atom is -0.321 e. The van der Waals surface area contributed by atoms with Crippen molar-refractivity contribution >= 4 is 33.4 Å². The minimum atomic E-state index is -4.93. The summed E-state index contributed by atoms with van der Waals surface area (Å²) in [6.07, 6.45) is 2.63. The van der Waals surface area contributed by atoms with Gasteiger partial charge in [0.15, 0.2) is 0 Å². The lowest BCUT2D eigenvalue weighted by Crippen LogP contribution is -2.14. The van der Waals surface area contributed by atoms with Crippen LogP contribution in [0.2, 0.25) is 5.02 Å². The van der Waals surface area contributed by atoms with Gasteiger partial charge in [-0.3, -0.25) is 9.78 Å². The smallest absolute Gasteiger partial charge is 0.321 e. The molecule has 2 rings (SSSR count). The molecule has 0 unspecified atom stereocenters. The van der Waals surface area contributed by atoms with Crippen LogP contribution < -0.4 is 5.32 Å². The van der Waals surface area contributed by atoms with Gasteiger partial charge in [-0.1, -0.05) is 23.7 Å². The van der Waals surface area contributed by atoms with E-state index in [-0.39, 0.29) is 16.3 Å². The number of aromatic nitrogens is 1. The second-order valence-corrected chi connectivity index (χ2v) is 5.47. The van der Waals surface area contributed by atoms with E-state index in [9.17, 15) is 17.1 Å². The molecule has 1 aromatic carbocycles. The Morgan fingerprint density at radius 2 is 1.95 bits per heavy atom. The third-order valence-corrected chi connectivity index (χ3v) is 3.60. The van der Waals surface area contributed by atoms with Crippen molar-refractivity contribution in [1.82, 2.24) is 4.98 Å². The van der Waals surface area contributed by atoms with Gasteiger partial charge in [-0.15, -0.1) is 3.89 Å². The van der Waals surface area contributed by atoms with E-state index in [0.717, 1.165) is 6.07 Å². The fourth-order valence-corrected chi connectivity index (χ4v) is 2.36. The molecule has 0 saturated heterocycles. The summed E-state index contributed by atoms with van der Waals surface area (Å²) in [5.74, 6) is -0.659. The number of hydrogen-bond acceptors (Lipinski definition) is 4. The number of halogens is 2. The Morgan fingerprint density at radius 3 is 2.60 bits per heavy atom. The van der Waals surface area contributed by atoms with Gasteiger partial charge in [0, 0.05) is 12.4 Å². The average molecular weight is 315 g/mol. The summed E-state index contributed by atoms with van der Waals surface area (Å²) < 4.78 is 35.1. The predicted octanol–water partition coefficient (Wildman–Crippen LogP) is 2.65. The van der Waals surface area contributed by atoms with E-state index in [0.29, 0.717) is 0 Å². The van der Waals surface area contributed by atoms with Gasteiger partial charge in [0.05, 0.1) is 16.3 Å². The number of para-hydroxylation sites is 1. The number of anilines is 1. The topological polar surface area (TPSA) is 76.1 Å². The molecule has 5 nitrogen and oxygen atoms in total. The molecule has 0 fully saturated rings. The predicted molar refractivity (Wildman–Crippen MR) is 71.9 cm³/mol. The number of carbonyl (C=O) groups is 1. The molecule has 0 bridgehead atoms. The highest BCUT2D eigenvalue weighted by molar-refractivity contribution is 7.86. The molecule has 1 heterocycles. The Hall–Kier alpha value is -1.99. The van der Waals surface area contributed by atoms with Gasteiger partial charge in [-0.05, 0) is 18.2 Å². The number of rotatable bonds is 3. The maximum Gasteiger partial charge on any atom is 0.334 e. The van der Waals surface area contributed by atoms with Crippen molar-refractivity contribution in [1.29, 1.82) is 0 Å². The molecule has 104 valence electrons. The Morgan fingerprint density at radius 1 is 1.25 bits per heavy atom. The van der Waals surface area contributed by atoms with Gasteiger partial charge in [-0.2, -0.15) is 8.42 Å². The summed E-state index contributed by atoms with van der Waals surface area (Å²) in [7, 11) is -4.93. The maximum atomic E-state index is 13.1. The second-order valence-electron chi connectivity index (χ2n) is 3.74. The van der Waals surface area contributed by atoms with Crippen LogP contribution in [-0.2, 0) is 10.2 Å². The number of benzene rings is 1. The summed E-state index contributed by atoms with van der Waals surface area (Å²) in [5, 5.41) is 2.41. The molecule has 0 spiro atoms. The molecule has 0 aliphatic carbocycles. The number of pyridine rings is 1. The molecule has 1 N–H and O–H groups in total. The van der Waals surface area contributed by atoms with Crippen molar-refractivity contribution in [2.24, 2.45) is 0 Å². The standard InChI is InChI=1S/C12H8ClFN2O3S/c13-9-7-15-6-5-8(9)12(17)16-10-3-1-2-4-11(10)20(14,18)19/h1-7H,(H,16,17). The van der Waals surface area contributed by atoms with E-state index in [2.05, 4.69) is 10.3 Å². The van der Waals surface area contributed by atoms with Gasteiger partial charge in [0.1, 0.15) is 4.90 Å². The number of nitrogens with one attached hydrogen (secondary N) is 1. The first-order valence-corrected chi connectivity index (χ1v) is 7.10. The third kappa shape index (κ3) is 3.12. The first-order chi connectivity index (χ1) is 9.39. The summed E-state index contributed by atoms with van der Waals surface area (Å²) >= 11 is 5.80. The van der Waals surface area contributed by atoms with Crippen LogP contribution in [0, 0.1) is 0 Å². The van der Waals surface area contributed by atoms with E-state index in [1.165, 1.54) is 36.7 Å². The Labute approximate surface area is 119 Å². The zero-order valence-corrected chi connectivity index (χ0v) is 11.5. The van der Waals surface area contributed by atoms with Crippen molar-refractivity contribution in [3.63, 3.8) is 0 Å². The number of amides is 1. The lowest BCUT2D eigenvalue weighted by Gasteiger charge is -2.08. The van der Waals surface area contributed by atoms with E-state index in [4.69, 9.17) is 11.6 Å². The highest BCUT2D eigenvalue weighted by Gasteiger charge is 2.19. The molecular weight excluding hydrogens is 307 g/mol. The van der Waals surface area contributed by atoms with Crippen LogP contribution in [0.3, 0.4) is 0 Å². The molecule has 8 heteroatoms. The van der Waals surface area contributed by atoms with Crippen molar-refractivity contribution in [3.05, 3.63) is 53.3 Å². The van der Waals surface area contributed by atoms with Crippen LogP contribution in [0.15, 0.2) is 47.6 Å². The van der Waals surface area contributed by atoms with E-state index in [1.807, 2.05) is 0 Å². The molecule has 0 radical (unpaired) electrons. The highest BCUT2D eigenvalue weighted by Crippen LogP contribution is 2.24. The van der Waals surface area contributed by atoms with Gasteiger partial charge >= 0.3 is 10.2 Å². The Balaban J connectivity index is 2.37. The molecular formula is C12H8ClFN2O3S. The summed E-state index contributed by atoms with van der Waals surface area (Å²) in [5.41, 5.74) is -0.0550. The van der Waals surface area contributed by atoms with Crippen molar-refractivity contribution in [3.8, 4) is 0 Å². The third-order valence-electron chi connectivity index (χ3n) is 2.42. The fourth-order valence-electron chi connectivity index (χ4n) is 1.53. The van der Waals surface area contributed by atoms with E-state index >= 15 is 0 Å². The van der Waals surface area contributed by atoms with Crippen molar-refractivity contribution in [2.75, 3.05) is 5.32 Å². The van der Waals surface area contributed by atoms with E-state index < -0.39 is 21.0 Å². The van der Waals surface area contributed by atoms with Crippen LogP contribution in [0.4, 0.5) is 9.57 Å². The quantitative estimate of drug-likeness (QED) is 0.884. The van der Waals surface area contributed by atoms with Gasteiger partial charge in [-0.25, -0.2) is 0 Å². The zero-order valence-electron chi connectivity index (χ0n) is 9.88. The molecule has 2 aromatic rings. The monoisotopic (exact) mass is 314 g/mol. The summed E-state index contributed by atoms with van der Waals surface area (Å²) in [4.78, 5) is 15.1. The van der Waals surface area contributed by atoms with Crippen molar-refractivity contribution < 1.29 is 17.1 Å². The van der Waals surface area contributed by atoms with Crippen LogP contribution >= 0.6 is 11.6 Å². The molecule has 1 aromatic heterocycles. The summed E-state index contributed by atoms with van der Waals surface area (Å²) in [6, 6.07) is 6.52. The van der Waals surface area contributed by atoms with E-state index in [1.54, 1.807) is 0 Å². The number of nitrogens with zero attached hydrogens (tertiary/aromatic N) is 1.